The molecule has 6 fully saturated rings. The Labute approximate surface area is 351 Å². The average molecular weight is 873 g/mol. The summed E-state index contributed by atoms with van der Waals surface area (Å²) in [6, 6.07) is 18.8. The monoisotopic (exact) mass is 872 g/mol. The summed E-state index contributed by atoms with van der Waals surface area (Å²) in [7, 11) is 0. The number of nitrogens with zero attached hydrogens (tertiary/aromatic N) is 1. The van der Waals surface area contributed by atoms with Gasteiger partial charge in [-0.15, -0.1) is 6.58 Å². The van der Waals surface area contributed by atoms with E-state index in [1.165, 1.54) is 36.8 Å². The van der Waals surface area contributed by atoms with Crippen LogP contribution in [0.2, 0.25) is 0 Å². The van der Waals surface area contributed by atoms with E-state index in [1.54, 1.807) is 0 Å². The van der Waals surface area contributed by atoms with Crippen molar-refractivity contribution in [2.24, 2.45) is 51.2 Å². The summed E-state index contributed by atoms with van der Waals surface area (Å²) in [5, 5.41) is 14.7. The fourth-order valence-electron chi connectivity index (χ4n) is 15.0. The number of carbonyl (C=O) groups excluding carboxylic acids is 2. The molecular formula is C50H69IN2O3. The highest BCUT2D eigenvalue weighted by Crippen LogP contribution is 2.77. The Bertz CT molecular complexity index is 1800. The van der Waals surface area contributed by atoms with Crippen LogP contribution < -0.4 is 5.32 Å². The van der Waals surface area contributed by atoms with E-state index in [0.717, 1.165) is 88.4 Å². The highest BCUT2D eigenvalue weighted by Gasteiger charge is 2.72. The number of aliphatic hydroxyl groups is 1. The van der Waals surface area contributed by atoms with E-state index in [1.807, 2.05) is 17.0 Å². The summed E-state index contributed by atoms with van der Waals surface area (Å²) in [4.78, 5) is 30.5. The zero-order valence-electron chi connectivity index (χ0n) is 35.1. The zero-order valence-corrected chi connectivity index (χ0v) is 37.2. The molecule has 0 radical (unpaired) electrons. The average Bonchev–Trinajstić information content (AvgIpc) is 3.55. The number of nitrogens with one attached hydrogen (secondary N) is 1. The van der Waals surface area contributed by atoms with E-state index >= 15 is 0 Å². The van der Waals surface area contributed by atoms with Gasteiger partial charge in [0.1, 0.15) is 0 Å². The molecule has 5 aliphatic carbocycles. The lowest BCUT2D eigenvalue weighted by molar-refractivity contribution is -0.204. The number of hydrogen-bond acceptors (Lipinski definition) is 3. The molecule has 0 bridgehead atoms. The lowest BCUT2D eigenvalue weighted by Gasteiger charge is -2.72. The topological polar surface area (TPSA) is 69.6 Å². The Morgan fingerprint density at radius 1 is 0.857 bits per heavy atom. The Hall–Kier alpha value is -2.19. The van der Waals surface area contributed by atoms with Crippen molar-refractivity contribution >= 4 is 34.4 Å². The van der Waals surface area contributed by atoms with Crippen molar-refractivity contribution in [3.63, 3.8) is 0 Å². The summed E-state index contributed by atoms with van der Waals surface area (Å²) < 4.78 is 0.164. The predicted octanol–water partition coefficient (Wildman–Crippen LogP) is 10.9. The van der Waals surface area contributed by atoms with Gasteiger partial charge in [0.15, 0.2) is 0 Å². The molecule has 0 spiro atoms. The molecule has 1 aliphatic heterocycles. The number of hydrogen-bond donors (Lipinski definition) is 2. The number of halogens is 1. The number of benzene rings is 2. The van der Waals surface area contributed by atoms with Crippen LogP contribution in [0.15, 0.2) is 66.7 Å². The first-order valence-corrected chi connectivity index (χ1v) is 23.4. The maximum absolute atomic E-state index is 14.8. The SMILES string of the molecule is C=C(C)CC1CCC2(C(=O)NCCc3cccc(C(=O)N4CCC(c5ccccc5)CC4)c3)CCC3(I)C(CCC4C5(C)CCC(O)C(C)(C)C5CCC43C)C12. The minimum absolute atomic E-state index is 0.0432. The first-order valence-electron chi connectivity index (χ1n) is 22.4. The third-order valence-corrected chi connectivity index (χ3v) is 20.4. The molecule has 2 aromatic rings. The van der Waals surface area contributed by atoms with E-state index in [9.17, 15) is 14.7 Å². The van der Waals surface area contributed by atoms with Gasteiger partial charge in [0, 0.05) is 28.6 Å². The number of allylic oxidation sites excluding steroid dienone is 1. The maximum atomic E-state index is 14.8. The lowest BCUT2D eigenvalue weighted by Crippen LogP contribution is -2.69. The molecule has 10 unspecified atom stereocenters. The Morgan fingerprint density at radius 2 is 1.61 bits per heavy atom. The first kappa shape index (κ1) is 40.6. The number of piperidine rings is 1. The third kappa shape index (κ3) is 6.56. The van der Waals surface area contributed by atoms with Crippen LogP contribution in [0, 0.1) is 51.2 Å². The van der Waals surface area contributed by atoms with Crippen LogP contribution in [-0.4, -0.2) is 51.0 Å². The second-order valence-electron chi connectivity index (χ2n) is 20.8. The first-order chi connectivity index (χ1) is 26.6. The van der Waals surface area contributed by atoms with Crippen LogP contribution in [0.1, 0.15) is 145 Å². The molecule has 56 heavy (non-hydrogen) atoms. The van der Waals surface area contributed by atoms with E-state index in [-0.39, 0.29) is 43.0 Å². The Kier molecular flexibility index (Phi) is 11.0. The summed E-state index contributed by atoms with van der Waals surface area (Å²) in [5.74, 6) is 3.55. The minimum Gasteiger partial charge on any atom is -0.393 e. The Balaban J connectivity index is 0.956. The molecular weight excluding hydrogens is 803 g/mol. The molecule has 2 N–H and O–H groups in total. The summed E-state index contributed by atoms with van der Waals surface area (Å²) in [6.07, 6.45) is 14.7. The van der Waals surface area contributed by atoms with Crippen molar-refractivity contribution in [3.8, 4) is 0 Å². The molecule has 304 valence electrons. The minimum atomic E-state index is -0.315. The number of carbonyl (C=O) groups is 2. The molecule has 1 heterocycles. The standard InChI is InChI=1S/C50H69IN2O3/c1-33(2)31-37-17-25-49(26-27-50(51)39(43(37)49)15-16-41-47(5)23-19-42(54)46(3,4)40(47)18-24-48(41,50)6)45(56)52-28-20-34-11-10-14-38(32-34)44(55)53-29-21-36(22-30-53)35-12-8-7-9-13-35/h7-14,32,36-37,39-43,54H,1,15-31H2,2-6H3,(H,52,56). The van der Waals surface area contributed by atoms with Crippen LogP contribution in [-0.2, 0) is 11.2 Å². The van der Waals surface area contributed by atoms with Gasteiger partial charge in [-0.05, 0) is 172 Å². The van der Waals surface area contributed by atoms with Gasteiger partial charge in [0.2, 0.25) is 5.91 Å². The van der Waals surface area contributed by atoms with E-state index < -0.39 is 0 Å². The van der Waals surface area contributed by atoms with Crippen LogP contribution in [0.3, 0.4) is 0 Å². The number of amides is 2. The van der Waals surface area contributed by atoms with Gasteiger partial charge in [0.25, 0.3) is 5.91 Å². The molecule has 5 saturated carbocycles. The highest BCUT2D eigenvalue weighted by atomic mass is 127. The molecule has 10 atom stereocenters. The lowest BCUT2D eigenvalue weighted by atomic mass is 9.36. The summed E-state index contributed by atoms with van der Waals surface area (Å²) in [6.45, 7) is 18.7. The van der Waals surface area contributed by atoms with Gasteiger partial charge in [-0.25, -0.2) is 0 Å². The fourth-order valence-corrected chi connectivity index (χ4v) is 16.6. The van der Waals surface area contributed by atoms with E-state index in [0.29, 0.717) is 42.1 Å². The molecule has 2 amide bonds. The van der Waals surface area contributed by atoms with Crippen LogP contribution in [0.5, 0.6) is 0 Å². The van der Waals surface area contributed by atoms with Crippen molar-refractivity contribution < 1.29 is 14.7 Å². The van der Waals surface area contributed by atoms with Crippen LogP contribution >= 0.6 is 22.6 Å². The predicted molar refractivity (Wildman–Crippen MR) is 236 cm³/mol. The van der Waals surface area contributed by atoms with Gasteiger partial charge in [-0.2, -0.15) is 0 Å². The molecule has 1 saturated heterocycles. The second-order valence-corrected chi connectivity index (χ2v) is 22.7. The van der Waals surface area contributed by atoms with Gasteiger partial charge >= 0.3 is 0 Å². The van der Waals surface area contributed by atoms with Crippen LogP contribution in [0.4, 0.5) is 0 Å². The van der Waals surface area contributed by atoms with Crippen molar-refractivity contribution in [2.45, 2.75) is 140 Å². The van der Waals surface area contributed by atoms with Crippen molar-refractivity contribution in [1.29, 1.82) is 0 Å². The second kappa shape index (κ2) is 15.1. The summed E-state index contributed by atoms with van der Waals surface area (Å²) in [5.41, 5.74) is 4.61. The van der Waals surface area contributed by atoms with E-state index in [2.05, 4.69) is 112 Å². The molecule has 5 nitrogen and oxygen atoms in total. The van der Waals surface area contributed by atoms with Gasteiger partial charge < -0.3 is 15.3 Å². The van der Waals surface area contributed by atoms with Crippen molar-refractivity contribution in [1.82, 2.24) is 10.2 Å². The number of aliphatic hydroxyl groups excluding tert-OH is 1. The van der Waals surface area contributed by atoms with Crippen molar-refractivity contribution in [2.75, 3.05) is 19.6 Å². The number of fused-ring (bicyclic) bond motifs is 7. The number of alkyl halides is 1. The smallest absolute Gasteiger partial charge is 0.253 e. The quantitative estimate of drug-likeness (QED) is 0.158. The van der Waals surface area contributed by atoms with Gasteiger partial charge in [-0.1, -0.05) is 98.3 Å². The highest BCUT2D eigenvalue weighted by molar-refractivity contribution is 14.1. The van der Waals surface area contributed by atoms with Gasteiger partial charge in [0.05, 0.1) is 11.5 Å². The third-order valence-electron chi connectivity index (χ3n) is 17.8. The summed E-state index contributed by atoms with van der Waals surface area (Å²) >= 11 is 2.98. The fraction of sp³-hybridized carbons (Fsp3) is 0.680. The molecule has 8 rings (SSSR count). The van der Waals surface area contributed by atoms with Gasteiger partial charge in [-0.3, -0.25) is 9.59 Å². The molecule has 0 aromatic heterocycles. The Morgan fingerprint density at radius 3 is 2.34 bits per heavy atom. The normalized spacial score (nSPS) is 39.1. The van der Waals surface area contributed by atoms with Crippen molar-refractivity contribution in [3.05, 3.63) is 83.4 Å². The van der Waals surface area contributed by atoms with Crippen LogP contribution in [0.25, 0.3) is 0 Å². The molecule has 2 aromatic carbocycles. The number of rotatable bonds is 8. The maximum Gasteiger partial charge on any atom is 0.253 e. The zero-order chi connectivity index (χ0) is 39.7. The molecule has 6 aliphatic rings. The number of likely N-dealkylation sites (tertiary alicyclic amines) is 1. The largest absolute Gasteiger partial charge is 0.393 e. The molecule has 6 heteroatoms. The van der Waals surface area contributed by atoms with E-state index in [4.69, 9.17) is 0 Å².